The Kier molecular flexibility index (Phi) is 10.7. The van der Waals surface area contributed by atoms with Crippen molar-refractivity contribution in [1.29, 1.82) is 0 Å². The number of rotatable bonds is 13. The highest BCUT2D eigenvalue weighted by Gasteiger charge is 2.60. The normalized spacial score (nSPS) is 23.1. The zero-order valence-electron chi connectivity index (χ0n) is 22.2. The quantitative estimate of drug-likeness (QED) is 0.306. The molecule has 0 aromatic heterocycles. The Bertz CT molecular complexity index is 1160. The maximum Gasteiger partial charge on any atom is 0.379 e. The third-order valence-electron chi connectivity index (χ3n) is 6.53. The van der Waals surface area contributed by atoms with Crippen LogP contribution < -0.4 is 0 Å². The van der Waals surface area contributed by atoms with Crippen LogP contribution in [0.15, 0.2) is 91.0 Å². The molecule has 0 bridgehead atoms. The van der Waals surface area contributed by atoms with E-state index in [4.69, 9.17) is 18.9 Å². The SMILES string of the molecule is CCOC(=O)C(F)(F)[C@@H]1O[C@H](COCc2ccccc2)[C@@H](OCc2ccccc2)[C@H](OCc2ccccc2)[C@H]1O. The fourth-order valence-corrected chi connectivity index (χ4v) is 4.50. The van der Waals surface area contributed by atoms with Crippen LogP contribution in [0.4, 0.5) is 8.78 Å². The van der Waals surface area contributed by atoms with E-state index in [-0.39, 0.29) is 33.0 Å². The summed E-state index contributed by atoms with van der Waals surface area (Å²) in [7, 11) is 0. The van der Waals surface area contributed by atoms with Gasteiger partial charge in [-0.1, -0.05) is 91.0 Å². The number of carbonyl (C=O) groups excluding carboxylic acids is 1. The molecule has 0 unspecified atom stereocenters. The summed E-state index contributed by atoms with van der Waals surface area (Å²) in [5.41, 5.74) is 2.49. The van der Waals surface area contributed by atoms with Gasteiger partial charge in [-0.15, -0.1) is 0 Å². The maximum absolute atomic E-state index is 15.3. The summed E-state index contributed by atoms with van der Waals surface area (Å²) in [4.78, 5) is 12.2. The Balaban J connectivity index is 1.60. The third kappa shape index (κ3) is 7.71. The molecule has 4 rings (SSSR count). The van der Waals surface area contributed by atoms with E-state index in [2.05, 4.69) is 4.74 Å². The molecule has 3 aromatic rings. The Labute approximate surface area is 232 Å². The Morgan fingerprint density at radius 2 is 1.27 bits per heavy atom. The predicted octanol–water partition coefficient (Wildman–Crippen LogP) is 4.70. The van der Waals surface area contributed by atoms with Crippen LogP contribution in [0, 0.1) is 0 Å². The summed E-state index contributed by atoms with van der Waals surface area (Å²) in [6, 6.07) is 27.7. The Morgan fingerprint density at radius 3 is 1.77 bits per heavy atom. The molecular formula is C31H34F2O7. The second kappa shape index (κ2) is 14.4. The van der Waals surface area contributed by atoms with Gasteiger partial charge >= 0.3 is 11.9 Å². The topological polar surface area (TPSA) is 83.5 Å². The van der Waals surface area contributed by atoms with Gasteiger partial charge in [0.15, 0.2) is 6.10 Å². The molecule has 9 heteroatoms. The van der Waals surface area contributed by atoms with Gasteiger partial charge in [0.25, 0.3) is 0 Å². The van der Waals surface area contributed by atoms with Gasteiger partial charge in [-0.2, -0.15) is 8.78 Å². The first kappa shape index (κ1) is 29.8. The van der Waals surface area contributed by atoms with Gasteiger partial charge in [0.1, 0.15) is 24.4 Å². The van der Waals surface area contributed by atoms with Crippen molar-refractivity contribution in [2.24, 2.45) is 0 Å². The van der Waals surface area contributed by atoms with Crippen LogP contribution in [-0.2, 0) is 48.3 Å². The van der Waals surface area contributed by atoms with Gasteiger partial charge in [0, 0.05) is 0 Å². The van der Waals surface area contributed by atoms with E-state index in [1.807, 2.05) is 91.0 Å². The molecular weight excluding hydrogens is 522 g/mol. The zero-order valence-corrected chi connectivity index (χ0v) is 22.2. The average Bonchev–Trinajstić information content (AvgIpc) is 2.98. The fraction of sp³-hybridized carbons (Fsp3) is 0.387. The summed E-state index contributed by atoms with van der Waals surface area (Å²) < 4.78 is 59.0. The van der Waals surface area contributed by atoms with E-state index in [1.54, 1.807) is 0 Å². The molecule has 0 saturated carbocycles. The minimum absolute atomic E-state index is 0.0169. The molecule has 0 amide bonds. The lowest BCUT2D eigenvalue weighted by molar-refractivity contribution is -0.298. The number of aliphatic hydroxyl groups is 1. The lowest BCUT2D eigenvalue weighted by Gasteiger charge is -2.45. The number of halogens is 2. The summed E-state index contributed by atoms with van der Waals surface area (Å²) in [5, 5.41) is 11.2. The number of hydrogen-bond donors (Lipinski definition) is 1. The molecule has 5 atom stereocenters. The third-order valence-corrected chi connectivity index (χ3v) is 6.53. The Hall–Kier alpha value is -3.21. The minimum atomic E-state index is -4.15. The number of alkyl halides is 2. The Morgan fingerprint density at radius 1 is 0.800 bits per heavy atom. The summed E-state index contributed by atoms with van der Waals surface area (Å²) >= 11 is 0. The van der Waals surface area contributed by atoms with Gasteiger partial charge in [-0.25, -0.2) is 4.79 Å². The van der Waals surface area contributed by atoms with E-state index in [0.717, 1.165) is 16.7 Å². The van der Waals surface area contributed by atoms with Gasteiger partial charge < -0.3 is 28.8 Å². The molecule has 1 aliphatic rings. The molecule has 40 heavy (non-hydrogen) atoms. The number of benzene rings is 3. The monoisotopic (exact) mass is 556 g/mol. The zero-order chi connectivity index (χ0) is 28.4. The number of carbonyl (C=O) groups is 1. The lowest BCUT2D eigenvalue weighted by atomic mass is 9.91. The van der Waals surface area contributed by atoms with Crippen molar-refractivity contribution in [3.63, 3.8) is 0 Å². The number of hydrogen-bond acceptors (Lipinski definition) is 7. The van der Waals surface area contributed by atoms with E-state index in [0.29, 0.717) is 0 Å². The summed E-state index contributed by atoms with van der Waals surface area (Å²) in [6.45, 7) is 1.35. The molecule has 1 heterocycles. The van der Waals surface area contributed by atoms with E-state index in [1.165, 1.54) is 6.92 Å². The van der Waals surface area contributed by atoms with Crippen LogP contribution in [0.25, 0.3) is 0 Å². The largest absolute Gasteiger partial charge is 0.461 e. The van der Waals surface area contributed by atoms with Crippen LogP contribution in [0.3, 0.4) is 0 Å². The molecule has 214 valence electrons. The second-order valence-corrected chi connectivity index (χ2v) is 9.45. The molecule has 0 spiro atoms. The van der Waals surface area contributed by atoms with E-state index in [9.17, 15) is 9.90 Å². The van der Waals surface area contributed by atoms with Gasteiger partial charge in [0.2, 0.25) is 0 Å². The smallest absolute Gasteiger partial charge is 0.379 e. The fourth-order valence-electron chi connectivity index (χ4n) is 4.50. The summed E-state index contributed by atoms with van der Waals surface area (Å²) in [5.74, 6) is -5.93. The highest BCUT2D eigenvalue weighted by Crippen LogP contribution is 2.36. The first-order valence-corrected chi connectivity index (χ1v) is 13.2. The number of aliphatic hydroxyl groups excluding tert-OH is 1. The predicted molar refractivity (Wildman–Crippen MR) is 142 cm³/mol. The van der Waals surface area contributed by atoms with Crippen molar-refractivity contribution in [3.05, 3.63) is 108 Å². The van der Waals surface area contributed by atoms with Gasteiger partial charge in [-0.3, -0.25) is 0 Å². The van der Waals surface area contributed by atoms with Crippen LogP contribution in [-0.4, -0.2) is 60.7 Å². The van der Waals surface area contributed by atoms with Crippen molar-refractivity contribution < 1.29 is 42.4 Å². The van der Waals surface area contributed by atoms with Crippen molar-refractivity contribution >= 4 is 5.97 Å². The number of esters is 1. The highest BCUT2D eigenvalue weighted by atomic mass is 19.3. The maximum atomic E-state index is 15.3. The highest BCUT2D eigenvalue weighted by molar-refractivity contribution is 5.78. The first-order chi connectivity index (χ1) is 19.4. The number of ether oxygens (including phenoxy) is 5. The van der Waals surface area contributed by atoms with Crippen molar-refractivity contribution in [3.8, 4) is 0 Å². The van der Waals surface area contributed by atoms with E-state index >= 15 is 8.78 Å². The molecule has 1 N–H and O–H groups in total. The van der Waals surface area contributed by atoms with Gasteiger partial charge in [-0.05, 0) is 23.6 Å². The van der Waals surface area contributed by atoms with Crippen LogP contribution in [0.1, 0.15) is 23.6 Å². The molecule has 1 fully saturated rings. The standard InChI is InChI=1S/C31H34F2O7/c1-2-37-30(35)31(32,33)29-26(34)28(39-20-24-16-10-5-11-17-24)27(38-19-23-14-8-4-9-15-23)25(40-29)21-36-18-22-12-6-3-7-13-22/h3-17,25-29,34H,2,18-21H2,1H3/t25-,26-,27-,28-,29-/m1/s1. The molecule has 1 saturated heterocycles. The van der Waals surface area contributed by atoms with Crippen LogP contribution >= 0.6 is 0 Å². The lowest BCUT2D eigenvalue weighted by Crippen LogP contribution is -2.66. The first-order valence-electron chi connectivity index (χ1n) is 13.2. The van der Waals surface area contributed by atoms with Crippen molar-refractivity contribution in [1.82, 2.24) is 0 Å². The molecule has 0 radical (unpaired) electrons. The molecule has 1 aliphatic heterocycles. The van der Waals surface area contributed by atoms with Crippen LogP contribution in [0.5, 0.6) is 0 Å². The second-order valence-electron chi connectivity index (χ2n) is 9.45. The molecule has 0 aliphatic carbocycles. The minimum Gasteiger partial charge on any atom is -0.461 e. The molecule has 7 nitrogen and oxygen atoms in total. The van der Waals surface area contributed by atoms with Crippen LogP contribution in [0.2, 0.25) is 0 Å². The van der Waals surface area contributed by atoms with Gasteiger partial charge in [0.05, 0.1) is 33.0 Å². The van der Waals surface area contributed by atoms with Crippen molar-refractivity contribution in [2.45, 2.75) is 63.2 Å². The molecule has 3 aromatic carbocycles. The average molecular weight is 557 g/mol. The van der Waals surface area contributed by atoms with Crippen molar-refractivity contribution in [2.75, 3.05) is 13.2 Å². The van der Waals surface area contributed by atoms with E-state index < -0.39 is 42.4 Å². The summed E-state index contributed by atoms with van der Waals surface area (Å²) in [6.07, 6.45) is -7.51.